The van der Waals surface area contributed by atoms with E-state index >= 15 is 0 Å². The Morgan fingerprint density at radius 1 is 1.00 bits per heavy atom. The van der Waals surface area contributed by atoms with Crippen LogP contribution in [0.15, 0.2) is 12.1 Å². The zero-order valence-corrected chi connectivity index (χ0v) is 16.8. The Hall–Kier alpha value is -2.12. The van der Waals surface area contributed by atoms with E-state index in [1.807, 2.05) is 6.92 Å². The highest BCUT2D eigenvalue weighted by Gasteiger charge is 2.39. The highest BCUT2D eigenvalue weighted by Crippen LogP contribution is 2.40. The van der Waals surface area contributed by atoms with E-state index in [1.165, 1.54) is 6.07 Å². The molecular weight excluding hydrogens is 381 g/mol. The number of rotatable bonds is 2. The van der Waals surface area contributed by atoms with Gasteiger partial charge in [-0.1, -0.05) is 39.0 Å². The molecule has 8 heteroatoms. The highest BCUT2D eigenvalue weighted by molar-refractivity contribution is 5.93. The zero-order valence-electron chi connectivity index (χ0n) is 16.8. The molecule has 0 unspecified atom stereocenters. The second-order valence-electron chi connectivity index (χ2n) is 8.65. The van der Waals surface area contributed by atoms with Crippen LogP contribution in [0.5, 0.6) is 0 Å². The third kappa shape index (κ3) is 3.98. The third-order valence-corrected chi connectivity index (χ3v) is 6.41. The molecule has 0 atom stereocenters. The Kier molecular flexibility index (Phi) is 5.29. The Balaban J connectivity index is 1.77. The molecule has 0 bridgehead atoms. The number of hydrogen-bond donors (Lipinski definition) is 0. The van der Waals surface area contributed by atoms with Crippen LogP contribution in [0.4, 0.5) is 13.2 Å². The first-order chi connectivity index (χ1) is 13.8. The largest absolute Gasteiger partial charge is 0.433 e. The van der Waals surface area contributed by atoms with Gasteiger partial charge in [-0.2, -0.15) is 18.3 Å². The van der Waals surface area contributed by atoms with Crippen molar-refractivity contribution in [3.63, 3.8) is 0 Å². The first-order valence-electron chi connectivity index (χ1n) is 10.6. The maximum atomic E-state index is 13.8. The SMILES string of the molecule is CC1(c2cc(C(F)(F)F)n3nc(C(=O)N4CCCCCC4)cc3n2)CCCCC1. The molecule has 2 fully saturated rings. The average Bonchev–Trinajstić information content (AvgIpc) is 2.92. The van der Waals surface area contributed by atoms with E-state index in [-0.39, 0.29) is 22.7 Å². The van der Waals surface area contributed by atoms with Gasteiger partial charge in [0.2, 0.25) is 0 Å². The van der Waals surface area contributed by atoms with Gasteiger partial charge in [-0.05, 0) is 31.7 Å². The number of amides is 1. The summed E-state index contributed by atoms with van der Waals surface area (Å²) in [6, 6.07) is 2.55. The zero-order chi connectivity index (χ0) is 20.6. The molecule has 5 nitrogen and oxygen atoms in total. The molecule has 0 radical (unpaired) electrons. The van der Waals surface area contributed by atoms with Crippen molar-refractivity contribution in [3.8, 4) is 0 Å². The molecule has 1 saturated carbocycles. The third-order valence-electron chi connectivity index (χ3n) is 6.41. The number of halogens is 3. The van der Waals surface area contributed by atoms with Gasteiger partial charge in [-0.3, -0.25) is 4.79 Å². The predicted octanol–water partition coefficient (Wildman–Crippen LogP) is 4.99. The minimum absolute atomic E-state index is 0.0378. The van der Waals surface area contributed by atoms with E-state index in [0.29, 0.717) is 18.8 Å². The number of carbonyl (C=O) groups is 1. The number of nitrogens with zero attached hydrogens (tertiary/aromatic N) is 4. The van der Waals surface area contributed by atoms with Crippen LogP contribution in [-0.2, 0) is 11.6 Å². The van der Waals surface area contributed by atoms with E-state index in [4.69, 9.17) is 0 Å². The number of aromatic nitrogens is 3. The van der Waals surface area contributed by atoms with Crippen molar-refractivity contribution < 1.29 is 18.0 Å². The van der Waals surface area contributed by atoms with Crippen LogP contribution >= 0.6 is 0 Å². The van der Waals surface area contributed by atoms with Gasteiger partial charge in [-0.15, -0.1) is 0 Å². The lowest BCUT2D eigenvalue weighted by Gasteiger charge is -2.33. The fourth-order valence-corrected chi connectivity index (χ4v) is 4.61. The van der Waals surface area contributed by atoms with Crippen LogP contribution in [-0.4, -0.2) is 38.5 Å². The lowest BCUT2D eigenvalue weighted by Crippen LogP contribution is -2.32. The lowest BCUT2D eigenvalue weighted by molar-refractivity contribution is -0.142. The summed E-state index contributed by atoms with van der Waals surface area (Å²) >= 11 is 0. The van der Waals surface area contributed by atoms with Crippen LogP contribution in [0.1, 0.15) is 86.6 Å². The van der Waals surface area contributed by atoms with Crippen LogP contribution in [0, 0.1) is 0 Å². The number of alkyl halides is 3. The predicted molar refractivity (Wildman–Crippen MR) is 103 cm³/mol. The number of carbonyl (C=O) groups excluding carboxylic acids is 1. The molecule has 3 heterocycles. The maximum Gasteiger partial charge on any atom is 0.433 e. The van der Waals surface area contributed by atoms with Crippen LogP contribution in [0.25, 0.3) is 5.65 Å². The smallest absolute Gasteiger partial charge is 0.337 e. The normalized spacial score (nSPS) is 20.6. The van der Waals surface area contributed by atoms with Gasteiger partial charge in [0, 0.05) is 24.6 Å². The van der Waals surface area contributed by atoms with Crippen LogP contribution in [0.3, 0.4) is 0 Å². The van der Waals surface area contributed by atoms with Gasteiger partial charge in [0.25, 0.3) is 5.91 Å². The van der Waals surface area contributed by atoms with Gasteiger partial charge in [0.05, 0.1) is 5.69 Å². The molecule has 1 aliphatic heterocycles. The van der Waals surface area contributed by atoms with Crippen LogP contribution < -0.4 is 0 Å². The number of likely N-dealkylation sites (tertiary alicyclic amines) is 1. The molecule has 2 aromatic heterocycles. The molecule has 29 heavy (non-hydrogen) atoms. The molecule has 1 aliphatic carbocycles. The molecule has 0 N–H and O–H groups in total. The van der Waals surface area contributed by atoms with Crippen molar-refractivity contribution in [2.24, 2.45) is 0 Å². The molecule has 1 amide bonds. The second kappa shape index (κ2) is 7.61. The van der Waals surface area contributed by atoms with E-state index in [2.05, 4.69) is 10.1 Å². The van der Waals surface area contributed by atoms with Gasteiger partial charge in [0.1, 0.15) is 5.69 Å². The molecule has 0 aromatic carbocycles. The molecule has 0 spiro atoms. The molecule has 4 rings (SSSR count). The van der Waals surface area contributed by atoms with Gasteiger partial charge >= 0.3 is 6.18 Å². The number of fused-ring (bicyclic) bond motifs is 1. The molecule has 158 valence electrons. The summed E-state index contributed by atoms with van der Waals surface area (Å²) < 4.78 is 42.3. The standard InChI is InChI=1S/C21H27F3N4O/c1-20(9-5-4-6-10-20)16-14-17(21(22,23)24)28-18(25-16)13-15(26-28)19(29)27-11-7-2-3-8-12-27/h13-14H,2-12H2,1H3. The summed E-state index contributed by atoms with van der Waals surface area (Å²) in [6.07, 6.45) is 4.10. The van der Waals surface area contributed by atoms with Crippen molar-refractivity contribution in [3.05, 3.63) is 29.2 Å². The second-order valence-corrected chi connectivity index (χ2v) is 8.65. The highest BCUT2D eigenvalue weighted by atomic mass is 19.4. The number of hydrogen-bond acceptors (Lipinski definition) is 3. The summed E-state index contributed by atoms with van der Waals surface area (Å²) in [6.45, 7) is 3.23. The van der Waals surface area contributed by atoms with Gasteiger partial charge in [-0.25, -0.2) is 9.50 Å². The van der Waals surface area contributed by atoms with Gasteiger partial charge < -0.3 is 4.90 Å². The molecule has 2 aromatic rings. The summed E-state index contributed by atoms with van der Waals surface area (Å²) in [5.41, 5.74) is -0.653. The van der Waals surface area contributed by atoms with E-state index in [1.54, 1.807) is 4.90 Å². The summed E-state index contributed by atoms with van der Waals surface area (Å²) in [4.78, 5) is 19.1. The Morgan fingerprint density at radius 3 is 2.24 bits per heavy atom. The topological polar surface area (TPSA) is 50.5 Å². The molecular formula is C21H27F3N4O. The van der Waals surface area contributed by atoms with E-state index in [9.17, 15) is 18.0 Å². The molecule has 2 aliphatic rings. The first kappa shape index (κ1) is 20.2. The summed E-state index contributed by atoms with van der Waals surface area (Å²) in [5.74, 6) is -0.309. The average molecular weight is 408 g/mol. The van der Waals surface area contributed by atoms with E-state index < -0.39 is 11.9 Å². The van der Waals surface area contributed by atoms with Crippen molar-refractivity contribution in [1.29, 1.82) is 0 Å². The Morgan fingerprint density at radius 2 is 1.62 bits per heavy atom. The monoisotopic (exact) mass is 408 g/mol. The van der Waals surface area contributed by atoms with Gasteiger partial charge in [0.15, 0.2) is 11.3 Å². The van der Waals surface area contributed by atoms with Crippen molar-refractivity contribution >= 4 is 11.6 Å². The Bertz CT molecular complexity index is 891. The molecule has 1 saturated heterocycles. The minimum atomic E-state index is -4.57. The minimum Gasteiger partial charge on any atom is -0.337 e. The first-order valence-corrected chi connectivity index (χ1v) is 10.6. The van der Waals surface area contributed by atoms with Crippen molar-refractivity contribution in [2.45, 2.75) is 76.3 Å². The van der Waals surface area contributed by atoms with Crippen molar-refractivity contribution in [2.75, 3.05) is 13.1 Å². The quantitative estimate of drug-likeness (QED) is 0.704. The lowest BCUT2D eigenvalue weighted by atomic mass is 9.73. The van der Waals surface area contributed by atoms with E-state index in [0.717, 1.165) is 68.4 Å². The summed E-state index contributed by atoms with van der Waals surface area (Å²) in [7, 11) is 0. The fraction of sp³-hybridized carbons (Fsp3) is 0.667. The fourth-order valence-electron chi connectivity index (χ4n) is 4.61. The van der Waals surface area contributed by atoms with Crippen LogP contribution in [0.2, 0.25) is 0 Å². The van der Waals surface area contributed by atoms with Crippen molar-refractivity contribution in [1.82, 2.24) is 19.5 Å². The maximum absolute atomic E-state index is 13.8. The summed E-state index contributed by atoms with van der Waals surface area (Å²) in [5, 5.41) is 4.04. The Labute approximate surface area is 168 Å².